The molecule has 0 N–H and O–H groups in total. The summed E-state index contributed by atoms with van der Waals surface area (Å²) in [6.07, 6.45) is 0. The minimum Gasteiger partial charge on any atom is -0.358 e. The normalized spacial score (nSPS) is 10.7. The first-order chi connectivity index (χ1) is 7.49. The van der Waals surface area contributed by atoms with Crippen molar-refractivity contribution < 1.29 is 4.92 Å². The van der Waals surface area contributed by atoms with Gasteiger partial charge in [-0.15, -0.1) is 16.0 Å². The second-order valence-electron chi connectivity index (χ2n) is 2.94. The summed E-state index contributed by atoms with van der Waals surface area (Å²) in [5, 5.41) is 14.4. The first-order valence-electron chi connectivity index (χ1n) is 4.07. The molecule has 0 aliphatic rings. The minimum absolute atomic E-state index is 0.232. The van der Waals surface area contributed by atoms with Crippen LogP contribution in [-0.2, 0) is 0 Å². The van der Waals surface area contributed by atoms with Crippen molar-refractivity contribution in [2.75, 3.05) is 0 Å². The number of hydrogen-bond acceptors (Lipinski definition) is 4. The fraction of sp³-hybridized carbons (Fsp3) is 0.125. The zero-order valence-electron chi connectivity index (χ0n) is 7.90. The van der Waals surface area contributed by atoms with Crippen LogP contribution in [0.1, 0.15) is 5.69 Å². The Kier molecular flexibility index (Phi) is 2.88. The van der Waals surface area contributed by atoms with E-state index in [9.17, 15) is 10.1 Å². The van der Waals surface area contributed by atoms with Gasteiger partial charge in [-0.25, -0.2) is 0 Å². The molecular formula is C8H4Cl2N3O2S. The standard InChI is InChI=1S/C8H4Cl2N3O2S/c1-4-2-7(13(14)15)11-12(4)5-3-6(9)16-8(5)10/h2H,1H3. The molecule has 0 aliphatic heterocycles. The van der Waals surface area contributed by atoms with E-state index in [0.29, 0.717) is 20.1 Å². The van der Waals surface area contributed by atoms with Gasteiger partial charge in [0.2, 0.25) is 0 Å². The van der Waals surface area contributed by atoms with Crippen LogP contribution in [0.2, 0.25) is 8.67 Å². The molecule has 0 aliphatic carbocycles. The summed E-state index contributed by atoms with van der Waals surface area (Å²) in [4.78, 5) is 9.99. The lowest BCUT2D eigenvalue weighted by Crippen LogP contribution is -1.98. The van der Waals surface area contributed by atoms with Gasteiger partial charge in [-0.05, 0) is 11.8 Å². The van der Waals surface area contributed by atoms with Crippen LogP contribution < -0.4 is 0 Å². The van der Waals surface area contributed by atoms with Crippen LogP contribution in [0.5, 0.6) is 0 Å². The Morgan fingerprint density at radius 2 is 2.31 bits per heavy atom. The molecule has 0 fully saturated rings. The Morgan fingerprint density at radius 3 is 2.75 bits per heavy atom. The molecule has 0 atom stereocenters. The van der Waals surface area contributed by atoms with Gasteiger partial charge in [0.15, 0.2) is 0 Å². The zero-order valence-corrected chi connectivity index (χ0v) is 10.2. The van der Waals surface area contributed by atoms with Crippen LogP contribution in [0.3, 0.4) is 0 Å². The number of aryl methyl sites for hydroxylation is 1. The molecule has 8 heteroatoms. The lowest BCUT2D eigenvalue weighted by Gasteiger charge is -1.94. The van der Waals surface area contributed by atoms with E-state index in [2.05, 4.69) is 11.2 Å². The summed E-state index contributed by atoms with van der Waals surface area (Å²) >= 11 is 12.8. The van der Waals surface area contributed by atoms with E-state index in [1.807, 2.05) is 0 Å². The Hall–Kier alpha value is -1.11. The molecule has 0 bridgehead atoms. The first-order valence-corrected chi connectivity index (χ1v) is 5.65. The minimum atomic E-state index is -0.564. The van der Waals surface area contributed by atoms with E-state index < -0.39 is 4.92 Å². The number of thiophene rings is 1. The number of hydrogen-bond donors (Lipinski definition) is 0. The first kappa shape index (κ1) is 11.4. The Morgan fingerprint density at radius 1 is 1.62 bits per heavy atom. The molecule has 83 valence electrons. The summed E-state index contributed by atoms with van der Waals surface area (Å²) in [7, 11) is 0. The maximum atomic E-state index is 10.6. The predicted octanol–water partition coefficient (Wildman–Crippen LogP) is 3.26. The van der Waals surface area contributed by atoms with E-state index in [1.54, 1.807) is 6.92 Å². The SMILES string of the molecule is Cc1cc([N+](=O)[O-])nn1-c1[c]c(Cl)sc1Cl. The van der Waals surface area contributed by atoms with Crippen molar-refractivity contribution in [2.45, 2.75) is 6.92 Å². The topological polar surface area (TPSA) is 61.0 Å². The van der Waals surface area contributed by atoms with Gasteiger partial charge in [0.1, 0.15) is 14.4 Å². The van der Waals surface area contributed by atoms with E-state index in [-0.39, 0.29) is 5.82 Å². The molecular weight excluding hydrogens is 273 g/mol. The summed E-state index contributed by atoms with van der Waals surface area (Å²) in [6, 6.07) is 4.14. The zero-order chi connectivity index (χ0) is 11.9. The van der Waals surface area contributed by atoms with Gasteiger partial charge < -0.3 is 10.1 Å². The average molecular weight is 277 g/mol. The lowest BCUT2D eigenvalue weighted by molar-refractivity contribution is -0.389. The molecule has 2 aromatic rings. The van der Waals surface area contributed by atoms with Crippen molar-refractivity contribution in [3.8, 4) is 5.69 Å². The number of nitrogens with zero attached hydrogens (tertiary/aromatic N) is 3. The highest BCUT2D eigenvalue weighted by atomic mass is 35.5. The Labute approximate surface area is 104 Å². The molecule has 0 aromatic carbocycles. The molecule has 2 rings (SSSR count). The monoisotopic (exact) mass is 276 g/mol. The smallest absolute Gasteiger partial charge is 0.358 e. The fourth-order valence-corrected chi connectivity index (χ4v) is 2.54. The van der Waals surface area contributed by atoms with Gasteiger partial charge >= 0.3 is 5.82 Å². The summed E-state index contributed by atoms with van der Waals surface area (Å²) in [6.45, 7) is 1.69. The van der Waals surface area contributed by atoms with Crippen LogP contribution in [0, 0.1) is 23.1 Å². The molecule has 16 heavy (non-hydrogen) atoms. The molecule has 1 radical (unpaired) electrons. The molecule has 0 unspecified atom stereocenters. The average Bonchev–Trinajstić information content (AvgIpc) is 2.69. The summed E-state index contributed by atoms with van der Waals surface area (Å²) in [5.41, 5.74) is 1.03. The van der Waals surface area contributed by atoms with Gasteiger partial charge in [-0.1, -0.05) is 23.2 Å². The maximum Gasteiger partial charge on any atom is 0.390 e. The van der Waals surface area contributed by atoms with Crippen molar-refractivity contribution in [1.82, 2.24) is 9.78 Å². The Bertz CT molecular complexity index is 564. The van der Waals surface area contributed by atoms with Crippen LogP contribution >= 0.6 is 34.5 Å². The highest BCUT2D eigenvalue weighted by Crippen LogP contribution is 2.33. The maximum absolute atomic E-state index is 10.6. The molecule has 2 aromatic heterocycles. The number of halogens is 2. The molecule has 5 nitrogen and oxygen atoms in total. The van der Waals surface area contributed by atoms with Crippen molar-refractivity contribution in [1.29, 1.82) is 0 Å². The molecule has 0 saturated heterocycles. The second-order valence-corrected chi connectivity index (χ2v) is 5.16. The molecule has 2 heterocycles. The largest absolute Gasteiger partial charge is 0.390 e. The number of aromatic nitrogens is 2. The second kappa shape index (κ2) is 4.04. The summed E-state index contributed by atoms with van der Waals surface area (Å²) < 4.78 is 2.13. The van der Waals surface area contributed by atoms with Gasteiger partial charge in [-0.2, -0.15) is 0 Å². The van der Waals surface area contributed by atoms with Crippen molar-refractivity contribution >= 4 is 40.4 Å². The third-order valence-electron chi connectivity index (χ3n) is 1.86. The molecule has 0 amide bonds. The van der Waals surface area contributed by atoms with E-state index in [1.165, 1.54) is 10.7 Å². The van der Waals surface area contributed by atoms with Crippen LogP contribution in [0.4, 0.5) is 5.82 Å². The Balaban J connectivity index is 2.56. The predicted molar refractivity (Wildman–Crippen MR) is 61.7 cm³/mol. The van der Waals surface area contributed by atoms with E-state index in [0.717, 1.165) is 11.3 Å². The lowest BCUT2D eigenvalue weighted by atomic mass is 10.4. The van der Waals surface area contributed by atoms with E-state index >= 15 is 0 Å². The van der Waals surface area contributed by atoms with E-state index in [4.69, 9.17) is 23.2 Å². The highest BCUT2D eigenvalue weighted by molar-refractivity contribution is 7.20. The fourth-order valence-electron chi connectivity index (χ4n) is 1.20. The quantitative estimate of drug-likeness (QED) is 0.625. The van der Waals surface area contributed by atoms with Crippen molar-refractivity contribution in [3.63, 3.8) is 0 Å². The van der Waals surface area contributed by atoms with Crippen molar-refractivity contribution in [2.24, 2.45) is 0 Å². The molecule has 0 saturated carbocycles. The van der Waals surface area contributed by atoms with Crippen LogP contribution in [0.25, 0.3) is 5.69 Å². The number of nitro groups is 1. The van der Waals surface area contributed by atoms with Crippen LogP contribution in [-0.4, -0.2) is 14.7 Å². The third-order valence-corrected chi connectivity index (χ3v) is 3.25. The molecule has 0 spiro atoms. The van der Waals surface area contributed by atoms with Gasteiger partial charge in [-0.3, -0.25) is 0 Å². The highest BCUT2D eigenvalue weighted by Gasteiger charge is 2.20. The third kappa shape index (κ3) is 1.91. The summed E-state index contributed by atoms with van der Waals surface area (Å²) in [5.74, 6) is -0.232. The van der Waals surface area contributed by atoms with Gasteiger partial charge in [0.25, 0.3) is 0 Å². The van der Waals surface area contributed by atoms with Gasteiger partial charge in [0, 0.05) is 6.07 Å². The van der Waals surface area contributed by atoms with Crippen molar-refractivity contribution in [3.05, 3.63) is 36.6 Å². The number of rotatable bonds is 2. The van der Waals surface area contributed by atoms with Crippen LogP contribution in [0.15, 0.2) is 6.07 Å². The van der Waals surface area contributed by atoms with Gasteiger partial charge in [0.05, 0.1) is 16.9 Å².